The zero-order chi connectivity index (χ0) is 22.7. The molecular formula is C25H32N2O3S2. The number of fused-ring (bicyclic) bond motifs is 3. The fourth-order valence-electron chi connectivity index (χ4n) is 4.51. The summed E-state index contributed by atoms with van der Waals surface area (Å²) < 4.78 is 28.1. The van der Waals surface area contributed by atoms with E-state index in [1.165, 1.54) is 36.4 Å². The van der Waals surface area contributed by atoms with Crippen LogP contribution in [0, 0.1) is 0 Å². The standard InChI is InChI=1S/C25H32N2O3S2/c1-18(2)19-12-13-23-22(16-19)21-10-6-7-11-24(21)32(29,30)27(23)17-25(28)26-14-15-31-20-8-4-3-5-9-20/h6-7,10-13,16,18,20H,3-5,8-9,14-15,17H2,1-2H3,(H,26,28). The van der Waals surface area contributed by atoms with Gasteiger partial charge in [0, 0.05) is 28.7 Å². The normalized spacial score (nSPS) is 17.7. The Morgan fingerprint density at radius 2 is 1.84 bits per heavy atom. The Labute approximate surface area is 196 Å². The van der Waals surface area contributed by atoms with Gasteiger partial charge in [0.05, 0.1) is 10.6 Å². The predicted octanol–water partition coefficient (Wildman–Crippen LogP) is 5.17. The number of rotatable bonds is 7. The minimum Gasteiger partial charge on any atom is -0.354 e. The second-order valence-corrected chi connectivity index (χ2v) is 12.2. The second-order valence-electron chi connectivity index (χ2n) is 8.92. The number of thioether (sulfide) groups is 1. The van der Waals surface area contributed by atoms with E-state index in [1.54, 1.807) is 12.1 Å². The third-order valence-electron chi connectivity index (χ3n) is 6.32. The van der Waals surface area contributed by atoms with E-state index >= 15 is 0 Å². The van der Waals surface area contributed by atoms with Gasteiger partial charge in [0.2, 0.25) is 5.91 Å². The van der Waals surface area contributed by atoms with Crippen molar-refractivity contribution in [3.63, 3.8) is 0 Å². The molecule has 1 heterocycles. The van der Waals surface area contributed by atoms with Gasteiger partial charge in [-0.25, -0.2) is 8.42 Å². The fraction of sp³-hybridized carbons (Fsp3) is 0.480. The van der Waals surface area contributed by atoms with E-state index in [4.69, 9.17) is 0 Å². The first-order chi connectivity index (χ1) is 15.4. The van der Waals surface area contributed by atoms with Crippen molar-refractivity contribution in [2.75, 3.05) is 23.1 Å². The molecule has 1 aliphatic heterocycles. The molecule has 1 saturated carbocycles. The molecule has 1 N–H and O–H groups in total. The summed E-state index contributed by atoms with van der Waals surface area (Å²) in [5, 5.41) is 3.62. The van der Waals surface area contributed by atoms with Crippen molar-refractivity contribution in [1.29, 1.82) is 0 Å². The Kier molecular flexibility index (Phi) is 7.15. The molecule has 1 fully saturated rings. The van der Waals surface area contributed by atoms with E-state index < -0.39 is 10.0 Å². The molecule has 5 nitrogen and oxygen atoms in total. The number of benzene rings is 2. The number of nitrogens with one attached hydrogen (secondary N) is 1. The summed E-state index contributed by atoms with van der Waals surface area (Å²) in [5.74, 6) is 0.917. The van der Waals surface area contributed by atoms with E-state index in [1.807, 2.05) is 36.0 Å². The van der Waals surface area contributed by atoms with Crippen molar-refractivity contribution in [3.8, 4) is 11.1 Å². The molecule has 32 heavy (non-hydrogen) atoms. The van der Waals surface area contributed by atoms with Crippen molar-refractivity contribution in [2.45, 2.75) is 62.0 Å². The zero-order valence-corrected chi connectivity index (χ0v) is 20.5. The van der Waals surface area contributed by atoms with Gasteiger partial charge in [0.1, 0.15) is 6.54 Å². The Balaban J connectivity index is 1.50. The largest absolute Gasteiger partial charge is 0.354 e. The molecule has 0 bridgehead atoms. The first kappa shape index (κ1) is 23.2. The van der Waals surface area contributed by atoms with Crippen molar-refractivity contribution in [1.82, 2.24) is 5.32 Å². The van der Waals surface area contributed by atoms with Gasteiger partial charge in [-0.15, -0.1) is 0 Å². The maximum atomic E-state index is 13.4. The van der Waals surface area contributed by atoms with Crippen LogP contribution in [0.3, 0.4) is 0 Å². The maximum absolute atomic E-state index is 13.4. The fourth-order valence-corrected chi connectivity index (χ4v) is 7.38. The highest BCUT2D eigenvalue weighted by molar-refractivity contribution is 7.99. The van der Waals surface area contributed by atoms with Crippen LogP contribution in [0.25, 0.3) is 11.1 Å². The molecule has 172 valence electrons. The number of amides is 1. The van der Waals surface area contributed by atoms with Crippen LogP contribution in [0.2, 0.25) is 0 Å². The van der Waals surface area contributed by atoms with Crippen LogP contribution in [0.1, 0.15) is 57.4 Å². The highest BCUT2D eigenvalue weighted by Gasteiger charge is 2.36. The van der Waals surface area contributed by atoms with Crippen LogP contribution in [0.4, 0.5) is 5.69 Å². The lowest BCUT2D eigenvalue weighted by Gasteiger charge is -2.32. The third kappa shape index (κ3) is 4.84. The van der Waals surface area contributed by atoms with E-state index in [2.05, 4.69) is 25.2 Å². The highest BCUT2D eigenvalue weighted by atomic mass is 32.2. The second kappa shape index (κ2) is 9.87. The van der Waals surface area contributed by atoms with Gasteiger partial charge < -0.3 is 5.32 Å². The number of carbonyl (C=O) groups excluding carboxylic acids is 1. The number of hydrogen-bond donors (Lipinski definition) is 1. The molecule has 2 aromatic rings. The van der Waals surface area contributed by atoms with Gasteiger partial charge in [-0.3, -0.25) is 9.10 Å². The molecule has 1 amide bonds. The molecule has 0 atom stereocenters. The van der Waals surface area contributed by atoms with Crippen LogP contribution >= 0.6 is 11.8 Å². The van der Waals surface area contributed by atoms with Crippen molar-refractivity contribution < 1.29 is 13.2 Å². The van der Waals surface area contributed by atoms with E-state index in [0.29, 0.717) is 29.0 Å². The number of anilines is 1. The Hall–Kier alpha value is -1.99. The first-order valence-corrected chi connectivity index (χ1v) is 14.0. The SMILES string of the molecule is CC(C)c1ccc2c(c1)-c1ccccc1S(=O)(=O)N2CC(=O)NCCSC1CCCCC1. The van der Waals surface area contributed by atoms with Crippen molar-refractivity contribution in [3.05, 3.63) is 48.0 Å². The lowest BCUT2D eigenvalue weighted by molar-refractivity contribution is -0.119. The van der Waals surface area contributed by atoms with Gasteiger partial charge in [0.15, 0.2) is 0 Å². The monoisotopic (exact) mass is 472 g/mol. The van der Waals surface area contributed by atoms with Gasteiger partial charge in [-0.05, 0) is 42.5 Å². The summed E-state index contributed by atoms with van der Waals surface area (Å²) in [7, 11) is -3.80. The summed E-state index contributed by atoms with van der Waals surface area (Å²) in [6.07, 6.45) is 6.46. The summed E-state index contributed by atoms with van der Waals surface area (Å²) >= 11 is 1.92. The molecular weight excluding hydrogens is 440 g/mol. The summed E-state index contributed by atoms with van der Waals surface area (Å²) in [4.78, 5) is 13.0. The Morgan fingerprint density at radius 3 is 2.59 bits per heavy atom. The molecule has 0 unspecified atom stereocenters. The molecule has 0 radical (unpaired) electrons. The van der Waals surface area contributed by atoms with Crippen LogP contribution in [0.5, 0.6) is 0 Å². The van der Waals surface area contributed by atoms with Crippen LogP contribution in [0.15, 0.2) is 47.4 Å². The predicted molar refractivity (Wildman–Crippen MR) is 133 cm³/mol. The first-order valence-electron chi connectivity index (χ1n) is 11.5. The summed E-state index contributed by atoms with van der Waals surface area (Å²) in [6.45, 7) is 4.58. The van der Waals surface area contributed by atoms with E-state index in [0.717, 1.165) is 16.9 Å². The number of nitrogens with zero attached hydrogens (tertiary/aromatic N) is 1. The molecule has 7 heteroatoms. The molecule has 0 spiro atoms. The lowest BCUT2D eigenvalue weighted by atomic mass is 9.95. The molecule has 0 aromatic heterocycles. The average Bonchev–Trinajstić information content (AvgIpc) is 2.80. The van der Waals surface area contributed by atoms with Gasteiger partial charge in [-0.1, -0.05) is 57.4 Å². The van der Waals surface area contributed by atoms with Crippen molar-refractivity contribution >= 4 is 33.4 Å². The Bertz CT molecular complexity index is 1080. The average molecular weight is 473 g/mol. The number of hydrogen-bond acceptors (Lipinski definition) is 4. The zero-order valence-electron chi connectivity index (χ0n) is 18.8. The van der Waals surface area contributed by atoms with Crippen molar-refractivity contribution in [2.24, 2.45) is 0 Å². The molecule has 0 saturated heterocycles. The van der Waals surface area contributed by atoms with E-state index in [-0.39, 0.29) is 17.3 Å². The van der Waals surface area contributed by atoms with Crippen LogP contribution < -0.4 is 9.62 Å². The highest BCUT2D eigenvalue weighted by Crippen LogP contribution is 2.43. The van der Waals surface area contributed by atoms with Crippen LogP contribution in [-0.4, -0.2) is 38.4 Å². The van der Waals surface area contributed by atoms with Gasteiger partial charge >= 0.3 is 0 Å². The van der Waals surface area contributed by atoms with E-state index in [9.17, 15) is 13.2 Å². The molecule has 2 aliphatic rings. The minimum atomic E-state index is -3.80. The summed E-state index contributed by atoms with van der Waals surface area (Å²) in [5.41, 5.74) is 3.27. The summed E-state index contributed by atoms with van der Waals surface area (Å²) in [6, 6.07) is 12.9. The smallest absolute Gasteiger partial charge is 0.265 e. The minimum absolute atomic E-state index is 0.210. The van der Waals surface area contributed by atoms with Crippen LogP contribution in [-0.2, 0) is 14.8 Å². The van der Waals surface area contributed by atoms with Gasteiger partial charge in [-0.2, -0.15) is 11.8 Å². The quantitative estimate of drug-likeness (QED) is 0.565. The Morgan fingerprint density at radius 1 is 1.09 bits per heavy atom. The number of carbonyl (C=O) groups is 1. The third-order valence-corrected chi connectivity index (χ3v) is 9.52. The lowest BCUT2D eigenvalue weighted by Crippen LogP contribution is -2.43. The molecule has 4 rings (SSSR count). The maximum Gasteiger partial charge on any atom is 0.265 e. The molecule has 2 aromatic carbocycles. The topological polar surface area (TPSA) is 66.5 Å². The molecule has 1 aliphatic carbocycles. The van der Waals surface area contributed by atoms with Gasteiger partial charge in [0.25, 0.3) is 10.0 Å². The number of sulfonamides is 1.